The van der Waals surface area contributed by atoms with Gasteiger partial charge in [0.05, 0.1) is 0 Å². The first kappa shape index (κ1) is 13.0. The summed E-state index contributed by atoms with van der Waals surface area (Å²) >= 11 is 3.62. The van der Waals surface area contributed by atoms with Crippen molar-refractivity contribution < 1.29 is 4.79 Å². The van der Waals surface area contributed by atoms with Gasteiger partial charge in [0.1, 0.15) is 0 Å². The number of hydrogen-bond donors (Lipinski definition) is 1. The summed E-state index contributed by atoms with van der Waals surface area (Å²) < 4.78 is 0. The van der Waals surface area contributed by atoms with Crippen molar-refractivity contribution in [3.63, 3.8) is 0 Å². The van der Waals surface area contributed by atoms with E-state index in [9.17, 15) is 4.79 Å². The highest BCUT2D eigenvalue weighted by molar-refractivity contribution is 9.09. The van der Waals surface area contributed by atoms with E-state index in [1.165, 1.54) is 6.42 Å². The fourth-order valence-electron chi connectivity index (χ4n) is 1.76. The van der Waals surface area contributed by atoms with Gasteiger partial charge in [-0.3, -0.25) is 4.79 Å². The number of carbonyl (C=O) groups excluding carboxylic acids is 1. The van der Waals surface area contributed by atoms with Gasteiger partial charge in [-0.05, 0) is 24.7 Å². The highest BCUT2D eigenvalue weighted by Gasteiger charge is 2.25. The molecular formula is C12H22BrNO. The molecule has 88 valence electrons. The number of hydrogen-bond acceptors (Lipinski definition) is 1. The van der Waals surface area contributed by atoms with E-state index in [2.05, 4.69) is 42.0 Å². The molecule has 1 amide bonds. The second-order valence-corrected chi connectivity index (χ2v) is 7.03. The lowest BCUT2D eigenvalue weighted by molar-refractivity contribution is -0.127. The molecule has 1 saturated carbocycles. The summed E-state index contributed by atoms with van der Waals surface area (Å²) in [4.78, 5) is 12.0. The standard InChI is InChI=1S/C12H22BrNO/c1-12(2,3)7-10(13)8-14-11(15)9-5-4-6-9/h9-10H,4-8H2,1-3H3,(H,14,15). The molecule has 0 saturated heterocycles. The van der Waals surface area contributed by atoms with Crippen LogP contribution in [0.5, 0.6) is 0 Å². The summed E-state index contributed by atoms with van der Waals surface area (Å²) in [7, 11) is 0. The zero-order valence-electron chi connectivity index (χ0n) is 9.98. The van der Waals surface area contributed by atoms with Crippen molar-refractivity contribution in [3.8, 4) is 0 Å². The van der Waals surface area contributed by atoms with Crippen LogP contribution in [0, 0.1) is 11.3 Å². The van der Waals surface area contributed by atoms with E-state index in [4.69, 9.17) is 0 Å². The monoisotopic (exact) mass is 275 g/mol. The third-order valence-electron chi connectivity index (χ3n) is 2.81. The van der Waals surface area contributed by atoms with Crippen LogP contribution in [-0.2, 0) is 4.79 Å². The molecule has 15 heavy (non-hydrogen) atoms. The Morgan fingerprint density at radius 1 is 1.47 bits per heavy atom. The quantitative estimate of drug-likeness (QED) is 0.785. The number of rotatable bonds is 4. The third kappa shape index (κ3) is 5.01. The van der Waals surface area contributed by atoms with Gasteiger partial charge in [0.2, 0.25) is 5.91 Å². The Kier molecular flexibility index (Phi) is 4.63. The number of nitrogens with one attached hydrogen (secondary N) is 1. The Balaban J connectivity index is 2.15. The number of halogens is 1. The van der Waals surface area contributed by atoms with Crippen molar-refractivity contribution in [2.75, 3.05) is 6.54 Å². The fourth-order valence-corrected chi connectivity index (χ4v) is 2.90. The van der Waals surface area contributed by atoms with Crippen LogP contribution >= 0.6 is 15.9 Å². The van der Waals surface area contributed by atoms with Gasteiger partial charge in [-0.1, -0.05) is 43.1 Å². The van der Waals surface area contributed by atoms with Gasteiger partial charge < -0.3 is 5.32 Å². The van der Waals surface area contributed by atoms with Crippen molar-refractivity contribution in [1.29, 1.82) is 0 Å². The Bertz CT molecular complexity index is 218. The smallest absolute Gasteiger partial charge is 0.223 e. The molecule has 0 aliphatic heterocycles. The predicted octanol–water partition coefficient (Wildman–Crippen LogP) is 3.10. The second kappa shape index (κ2) is 5.33. The van der Waals surface area contributed by atoms with Gasteiger partial charge in [0.15, 0.2) is 0 Å². The van der Waals surface area contributed by atoms with Crippen LogP contribution in [-0.4, -0.2) is 17.3 Å². The van der Waals surface area contributed by atoms with Gasteiger partial charge in [-0.2, -0.15) is 0 Å². The maximum absolute atomic E-state index is 11.6. The average molecular weight is 276 g/mol. The van der Waals surface area contributed by atoms with Crippen molar-refractivity contribution in [2.45, 2.75) is 51.3 Å². The topological polar surface area (TPSA) is 29.1 Å². The fraction of sp³-hybridized carbons (Fsp3) is 0.917. The van der Waals surface area contributed by atoms with E-state index in [1.54, 1.807) is 0 Å². The van der Waals surface area contributed by atoms with Gasteiger partial charge in [-0.15, -0.1) is 0 Å². The average Bonchev–Trinajstić information content (AvgIpc) is 1.94. The molecular weight excluding hydrogens is 254 g/mol. The highest BCUT2D eigenvalue weighted by Crippen LogP contribution is 2.27. The van der Waals surface area contributed by atoms with E-state index in [-0.39, 0.29) is 5.91 Å². The van der Waals surface area contributed by atoms with Crippen LogP contribution in [0.3, 0.4) is 0 Å². The molecule has 2 nitrogen and oxygen atoms in total. The van der Waals surface area contributed by atoms with E-state index in [0.717, 1.165) is 25.8 Å². The van der Waals surface area contributed by atoms with Crippen molar-refractivity contribution >= 4 is 21.8 Å². The normalized spacial score (nSPS) is 19.5. The van der Waals surface area contributed by atoms with Crippen molar-refractivity contribution in [2.24, 2.45) is 11.3 Å². The Morgan fingerprint density at radius 2 is 2.07 bits per heavy atom. The molecule has 3 heteroatoms. The zero-order chi connectivity index (χ0) is 11.5. The summed E-state index contributed by atoms with van der Waals surface area (Å²) in [5.41, 5.74) is 0.315. The number of amides is 1. The number of alkyl halides is 1. The summed E-state index contributed by atoms with van der Waals surface area (Å²) in [5, 5.41) is 3.02. The van der Waals surface area contributed by atoms with Gasteiger partial charge >= 0.3 is 0 Å². The molecule has 1 atom stereocenters. The molecule has 1 rings (SSSR count). The highest BCUT2D eigenvalue weighted by atomic mass is 79.9. The Hall–Kier alpha value is -0.0500. The van der Waals surface area contributed by atoms with Crippen LogP contribution in [0.2, 0.25) is 0 Å². The molecule has 1 N–H and O–H groups in total. The van der Waals surface area contributed by atoms with Crippen molar-refractivity contribution in [3.05, 3.63) is 0 Å². The Morgan fingerprint density at radius 3 is 2.47 bits per heavy atom. The molecule has 0 spiro atoms. The molecule has 0 aromatic heterocycles. The van der Waals surface area contributed by atoms with E-state index >= 15 is 0 Å². The maximum Gasteiger partial charge on any atom is 0.223 e. The molecule has 0 heterocycles. The molecule has 0 bridgehead atoms. The first-order valence-electron chi connectivity index (χ1n) is 5.80. The lowest BCUT2D eigenvalue weighted by atomic mass is 9.84. The maximum atomic E-state index is 11.6. The summed E-state index contributed by atoms with van der Waals surface area (Å²) in [5.74, 6) is 0.555. The first-order valence-corrected chi connectivity index (χ1v) is 6.72. The minimum absolute atomic E-state index is 0.250. The van der Waals surface area contributed by atoms with Crippen molar-refractivity contribution in [1.82, 2.24) is 5.32 Å². The van der Waals surface area contributed by atoms with E-state index < -0.39 is 0 Å². The largest absolute Gasteiger partial charge is 0.355 e. The van der Waals surface area contributed by atoms with Gasteiger partial charge in [-0.25, -0.2) is 0 Å². The van der Waals surface area contributed by atoms with Crippen LogP contribution in [0.15, 0.2) is 0 Å². The van der Waals surface area contributed by atoms with Gasteiger partial charge in [0.25, 0.3) is 0 Å². The second-order valence-electron chi connectivity index (χ2n) is 5.74. The van der Waals surface area contributed by atoms with Gasteiger partial charge in [0, 0.05) is 17.3 Å². The van der Waals surface area contributed by atoms with Crippen LogP contribution < -0.4 is 5.32 Å². The summed E-state index contributed by atoms with van der Waals surface area (Å²) in [6.07, 6.45) is 4.46. The summed E-state index contributed by atoms with van der Waals surface area (Å²) in [6.45, 7) is 7.41. The molecule has 1 aliphatic carbocycles. The lowest BCUT2D eigenvalue weighted by Gasteiger charge is -2.26. The molecule has 1 fully saturated rings. The molecule has 1 aliphatic rings. The minimum atomic E-state index is 0.250. The summed E-state index contributed by atoms with van der Waals surface area (Å²) in [6, 6.07) is 0. The third-order valence-corrected chi connectivity index (χ3v) is 3.46. The zero-order valence-corrected chi connectivity index (χ0v) is 11.6. The SMILES string of the molecule is CC(C)(C)CC(Br)CNC(=O)C1CCC1. The number of carbonyl (C=O) groups is 1. The molecule has 0 aromatic carbocycles. The lowest BCUT2D eigenvalue weighted by Crippen LogP contribution is -2.38. The van der Waals surface area contributed by atoms with Crippen LogP contribution in [0.1, 0.15) is 46.5 Å². The minimum Gasteiger partial charge on any atom is -0.355 e. The van der Waals surface area contributed by atoms with E-state index in [1.807, 2.05) is 0 Å². The van der Waals surface area contributed by atoms with E-state index in [0.29, 0.717) is 16.2 Å². The van der Waals surface area contributed by atoms with Crippen LogP contribution in [0.4, 0.5) is 0 Å². The molecule has 0 aromatic rings. The molecule has 1 unspecified atom stereocenters. The predicted molar refractivity (Wildman–Crippen MR) is 67.1 cm³/mol. The first-order chi connectivity index (χ1) is 6.88. The molecule has 0 radical (unpaired) electrons. The Labute approximate surface area is 101 Å². The van der Waals surface area contributed by atoms with Crippen LogP contribution in [0.25, 0.3) is 0 Å².